The van der Waals surface area contributed by atoms with Crippen LogP contribution in [0.15, 0.2) is 42.5 Å². The van der Waals surface area contributed by atoms with Crippen molar-refractivity contribution in [2.45, 2.75) is 19.4 Å². The topological polar surface area (TPSA) is 27.3 Å². The van der Waals surface area contributed by atoms with Crippen LogP contribution in [0.5, 0.6) is 0 Å². The zero-order valence-corrected chi connectivity index (χ0v) is 14.0. The fourth-order valence-electron chi connectivity index (χ4n) is 2.76. The summed E-state index contributed by atoms with van der Waals surface area (Å²) in [6.45, 7) is 2.71. The maximum atomic E-state index is 13.6. The van der Waals surface area contributed by atoms with Crippen LogP contribution in [0.4, 0.5) is 20.2 Å². The Hall–Kier alpha value is -2.21. The predicted molar refractivity (Wildman–Crippen MR) is 97.3 cm³/mol. The largest absolute Gasteiger partial charge is 0.372 e. The number of rotatable bonds is 4. The minimum atomic E-state index is -0.672. The summed E-state index contributed by atoms with van der Waals surface area (Å²) in [4.78, 5) is 2.37. The van der Waals surface area contributed by atoms with E-state index in [1.54, 1.807) is 0 Å². The van der Waals surface area contributed by atoms with Crippen molar-refractivity contribution in [3.05, 3.63) is 59.7 Å². The van der Waals surface area contributed by atoms with Crippen LogP contribution in [0.2, 0.25) is 0 Å². The van der Waals surface area contributed by atoms with Gasteiger partial charge in [0.1, 0.15) is 17.3 Å². The van der Waals surface area contributed by atoms with Gasteiger partial charge in [0.05, 0.1) is 0 Å². The molecule has 0 aliphatic carbocycles. The number of nitrogens with one attached hydrogen (secondary N) is 2. The van der Waals surface area contributed by atoms with E-state index in [2.05, 4.69) is 27.7 Å². The molecule has 1 saturated heterocycles. The maximum absolute atomic E-state index is 13.6. The summed E-state index contributed by atoms with van der Waals surface area (Å²) in [7, 11) is 0. The molecule has 0 unspecified atom stereocenters. The van der Waals surface area contributed by atoms with Crippen LogP contribution in [0.3, 0.4) is 0 Å². The minimum absolute atomic E-state index is 0.183. The van der Waals surface area contributed by atoms with Crippen molar-refractivity contribution in [3.63, 3.8) is 0 Å². The zero-order valence-electron chi connectivity index (χ0n) is 13.2. The Morgan fingerprint density at radius 3 is 2.25 bits per heavy atom. The number of benzene rings is 2. The second kappa shape index (κ2) is 7.57. The van der Waals surface area contributed by atoms with E-state index in [0.29, 0.717) is 6.54 Å². The summed E-state index contributed by atoms with van der Waals surface area (Å²) in [5.41, 5.74) is 2.04. The molecule has 0 atom stereocenters. The third kappa shape index (κ3) is 4.00. The van der Waals surface area contributed by atoms with Crippen LogP contribution in [0.1, 0.15) is 18.4 Å². The first-order chi connectivity index (χ1) is 11.6. The van der Waals surface area contributed by atoms with Gasteiger partial charge in [-0.25, -0.2) is 8.78 Å². The van der Waals surface area contributed by atoms with E-state index in [-0.39, 0.29) is 10.8 Å². The third-order valence-corrected chi connectivity index (χ3v) is 4.31. The normalized spacial score (nSPS) is 13.8. The molecule has 1 heterocycles. The average molecular weight is 347 g/mol. The van der Waals surface area contributed by atoms with Gasteiger partial charge in [-0.15, -0.1) is 0 Å². The first-order valence-corrected chi connectivity index (χ1v) is 8.37. The third-order valence-electron chi connectivity index (χ3n) is 4.06. The Balaban J connectivity index is 1.54. The summed E-state index contributed by atoms with van der Waals surface area (Å²) in [6, 6.07) is 11.9. The van der Waals surface area contributed by atoms with Crippen molar-refractivity contribution < 1.29 is 8.78 Å². The summed E-state index contributed by atoms with van der Waals surface area (Å²) in [6.07, 6.45) is 2.49. The summed E-state index contributed by atoms with van der Waals surface area (Å²) in [5, 5.41) is 5.71. The molecule has 0 saturated carbocycles. The molecule has 1 aliphatic heterocycles. The highest BCUT2D eigenvalue weighted by Crippen LogP contribution is 2.20. The van der Waals surface area contributed by atoms with E-state index in [1.807, 2.05) is 12.1 Å². The number of anilines is 2. The van der Waals surface area contributed by atoms with Crippen molar-refractivity contribution in [1.29, 1.82) is 0 Å². The molecule has 1 aliphatic rings. The molecule has 2 aromatic carbocycles. The molecule has 6 heteroatoms. The number of nitrogens with zero attached hydrogens (tertiary/aromatic N) is 1. The zero-order chi connectivity index (χ0) is 16.9. The summed E-state index contributed by atoms with van der Waals surface area (Å²) >= 11 is 5.10. The molecule has 0 aromatic heterocycles. The molecule has 2 aromatic rings. The van der Waals surface area contributed by atoms with E-state index >= 15 is 0 Å². The van der Waals surface area contributed by atoms with Crippen molar-refractivity contribution >= 4 is 28.7 Å². The van der Waals surface area contributed by atoms with Gasteiger partial charge in [-0.2, -0.15) is 0 Å². The van der Waals surface area contributed by atoms with Crippen LogP contribution in [0, 0.1) is 11.6 Å². The summed E-state index contributed by atoms with van der Waals surface area (Å²) < 4.78 is 27.1. The molecule has 24 heavy (non-hydrogen) atoms. The molecule has 2 N–H and O–H groups in total. The van der Waals surface area contributed by atoms with Gasteiger partial charge in [0.15, 0.2) is 5.11 Å². The molecular formula is C18H19F2N3S. The van der Waals surface area contributed by atoms with Gasteiger partial charge in [0, 0.05) is 25.3 Å². The van der Waals surface area contributed by atoms with E-state index in [4.69, 9.17) is 12.2 Å². The molecule has 0 amide bonds. The highest BCUT2D eigenvalue weighted by atomic mass is 32.1. The Kier molecular flexibility index (Phi) is 5.25. The number of para-hydroxylation sites is 1. The number of hydrogen-bond acceptors (Lipinski definition) is 2. The Morgan fingerprint density at radius 1 is 1.00 bits per heavy atom. The molecule has 0 radical (unpaired) electrons. The van der Waals surface area contributed by atoms with E-state index in [1.165, 1.54) is 36.7 Å². The maximum Gasteiger partial charge on any atom is 0.171 e. The van der Waals surface area contributed by atoms with Crippen LogP contribution in [-0.2, 0) is 6.54 Å². The van der Waals surface area contributed by atoms with E-state index in [0.717, 1.165) is 18.7 Å². The summed E-state index contributed by atoms with van der Waals surface area (Å²) in [5.74, 6) is -1.34. The van der Waals surface area contributed by atoms with Gasteiger partial charge in [-0.05, 0) is 54.9 Å². The molecular weight excluding hydrogens is 328 g/mol. The Bertz CT molecular complexity index is 692. The quantitative estimate of drug-likeness (QED) is 0.816. The lowest BCUT2D eigenvalue weighted by Crippen LogP contribution is -2.28. The highest BCUT2D eigenvalue weighted by Gasteiger charge is 2.12. The van der Waals surface area contributed by atoms with Crippen LogP contribution in [0.25, 0.3) is 0 Å². The van der Waals surface area contributed by atoms with E-state index < -0.39 is 11.6 Å². The van der Waals surface area contributed by atoms with Gasteiger partial charge < -0.3 is 15.5 Å². The first kappa shape index (κ1) is 16.6. The average Bonchev–Trinajstić information content (AvgIpc) is 3.11. The number of thiocarbonyl (C=S) groups is 1. The lowest BCUT2D eigenvalue weighted by Gasteiger charge is -2.18. The predicted octanol–water partition coefficient (Wildman–Crippen LogP) is 4.05. The van der Waals surface area contributed by atoms with E-state index in [9.17, 15) is 8.78 Å². The van der Waals surface area contributed by atoms with Gasteiger partial charge in [-0.1, -0.05) is 18.2 Å². The smallest absolute Gasteiger partial charge is 0.171 e. The SMILES string of the molecule is Fc1cccc(F)c1NC(=S)NCc1ccc(N2CCCC2)cc1. The molecule has 0 bridgehead atoms. The van der Waals surface area contributed by atoms with Crippen LogP contribution < -0.4 is 15.5 Å². The molecule has 126 valence electrons. The fourth-order valence-corrected chi connectivity index (χ4v) is 2.93. The monoisotopic (exact) mass is 347 g/mol. The van der Waals surface area contributed by atoms with Crippen molar-refractivity contribution in [3.8, 4) is 0 Å². The first-order valence-electron chi connectivity index (χ1n) is 7.96. The molecule has 3 nitrogen and oxygen atoms in total. The van der Waals surface area contributed by atoms with Crippen LogP contribution >= 0.6 is 12.2 Å². The van der Waals surface area contributed by atoms with Gasteiger partial charge in [0.2, 0.25) is 0 Å². The highest BCUT2D eigenvalue weighted by molar-refractivity contribution is 7.80. The number of hydrogen-bond donors (Lipinski definition) is 2. The lowest BCUT2D eigenvalue weighted by atomic mass is 10.2. The molecule has 3 rings (SSSR count). The van der Waals surface area contributed by atoms with Crippen molar-refractivity contribution in [2.24, 2.45) is 0 Å². The minimum Gasteiger partial charge on any atom is -0.372 e. The number of halogens is 2. The second-order valence-corrected chi connectivity index (χ2v) is 6.17. The van der Waals surface area contributed by atoms with Crippen molar-refractivity contribution in [1.82, 2.24) is 5.32 Å². The van der Waals surface area contributed by atoms with Gasteiger partial charge in [0.25, 0.3) is 0 Å². The lowest BCUT2D eigenvalue weighted by molar-refractivity contribution is 0.591. The molecule has 0 spiro atoms. The molecule has 1 fully saturated rings. The van der Waals surface area contributed by atoms with Gasteiger partial charge >= 0.3 is 0 Å². The van der Waals surface area contributed by atoms with Gasteiger partial charge in [-0.3, -0.25) is 0 Å². The Morgan fingerprint density at radius 2 is 1.62 bits per heavy atom. The standard InChI is InChI=1S/C18H19F2N3S/c19-15-4-3-5-16(20)17(15)22-18(24)21-12-13-6-8-14(9-7-13)23-10-1-2-11-23/h3-9H,1-2,10-12H2,(H2,21,22,24). The van der Waals surface area contributed by atoms with Crippen LogP contribution in [-0.4, -0.2) is 18.2 Å². The Labute approximate surface area is 145 Å². The van der Waals surface area contributed by atoms with Crippen molar-refractivity contribution in [2.75, 3.05) is 23.3 Å². The fraction of sp³-hybridized carbons (Fsp3) is 0.278. The second-order valence-electron chi connectivity index (χ2n) is 5.76.